The summed E-state index contributed by atoms with van der Waals surface area (Å²) in [7, 11) is 0. The highest BCUT2D eigenvalue weighted by Crippen LogP contribution is 2.43. The number of hydrogen-bond donors (Lipinski definition) is 1. The summed E-state index contributed by atoms with van der Waals surface area (Å²) < 4.78 is 0. The predicted octanol–water partition coefficient (Wildman–Crippen LogP) is 3.87. The van der Waals surface area contributed by atoms with Crippen molar-refractivity contribution in [3.05, 3.63) is 48.6 Å². The van der Waals surface area contributed by atoms with Crippen LogP contribution >= 0.6 is 11.6 Å². The summed E-state index contributed by atoms with van der Waals surface area (Å²) in [6.45, 7) is 3.87. The molecular formula is C15H19ClO. The van der Waals surface area contributed by atoms with E-state index < -0.39 is 5.60 Å². The number of benzene rings is 1. The van der Waals surface area contributed by atoms with E-state index >= 15 is 0 Å². The molecule has 1 N–H and O–H groups in total. The van der Waals surface area contributed by atoms with Crippen molar-refractivity contribution in [2.75, 3.05) is 0 Å². The molecule has 1 aromatic rings. The van der Waals surface area contributed by atoms with E-state index in [0.29, 0.717) is 0 Å². The average molecular weight is 251 g/mol. The van der Waals surface area contributed by atoms with E-state index in [0.717, 1.165) is 31.2 Å². The molecule has 0 heterocycles. The molecule has 1 fully saturated rings. The van der Waals surface area contributed by atoms with Crippen LogP contribution in [0.15, 0.2) is 43.0 Å². The fraction of sp³-hybridized carbons (Fsp3) is 0.467. The number of aliphatic hydroxyl groups is 1. The predicted molar refractivity (Wildman–Crippen MR) is 72.4 cm³/mol. The lowest BCUT2D eigenvalue weighted by Crippen LogP contribution is -2.46. The summed E-state index contributed by atoms with van der Waals surface area (Å²) in [5, 5.41) is 10.7. The molecule has 0 radical (unpaired) electrons. The van der Waals surface area contributed by atoms with Gasteiger partial charge in [-0.25, -0.2) is 0 Å². The highest BCUT2D eigenvalue weighted by molar-refractivity contribution is 6.21. The zero-order chi connectivity index (χ0) is 12.3. The van der Waals surface area contributed by atoms with Gasteiger partial charge in [-0.3, -0.25) is 0 Å². The Kier molecular flexibility index (Phi) is 3.90. The molecule has 0 amide bonds. The van der Waals surface area contributed by atoms with Crippen molar-refractivity contribution in [3.8, 4) is 0 Å². The summed E-state index contributed by atoms with van der Waals surface area (Å²) in [6.07, 6.45) is 5.62. The fourth-order valence-electron chi connectivity index (χ4n) is 2.78. The molecule has 1 aliphatic carbocycles. The van der Waals surface area contributed by atoms with E-state index in [4.69, 9.17) is 11.6 Å². The first-order valence-electron chi connectivity index (χ1n) is 6.22. The first kappa shape index (κ1) is 12.7. The molecule has 0 aliphatic heterocycles. The lowest BCUT2D eigenvalue weighted by molar-refractivity contribution is -0.00480. The van der Waals surface area contributed by atoms with E-state index in [1.165, 1.54) is 0 Å². The van der Waals surface area contributed by atoms with Crippen molar-refractivity contribution in [1.82, 2.24) is 0 Å². The molecule has 2 rings (SSSR count). The van der Waals surface area contributed by atoms with E-state index in [-0.39, 0.29) is 11.3 Å². The Labute approximate surface area is 108 Å². The number of halogens is 1. The first-order valence-corrected chi connectivity index (χ1v) is 6.66. The van der Waals surface area contributed by atoms with Crippen LogP contribution < -0.4 is 0 Å². The Hall–Kier alpha value is -0.790. The van der Waals surface area contributed by atoms with E-state index in [2.05, 4.69) is 6.58 Å². The van der Waals surface area contributed by atoms with Crippen molar-refractivity contribution < 1.29 is 5.11 Å². The van der Waals surface area contributed by atoms with Crippen LogP contribution in [0.25, 0.3) is 0 Å². The zero-order valence-corrected chi connectivity index (χ0v) is 10.7. The minimum atomic E-state index is -0.844. The molecule has 0 unspecified atom stereocenters. The molecule has 0 bridgehead atoms. The van der Waals surface area contributed by atoms with Gasteiger partial charge in [-0.2, -0.15) is 0 Å². The lowest BCUT2D eigenvalue weighted by Gasteiger charge is -2.41. The molecular weight excluding hydrogens is 232 g/mol. The van der Waals surface area contributed by atoms with Crippen molar-refractivity contribution in [2.24, 2.45) is 0 Å². The topological polar surface area (TPSA) is 20.2 Å². The maximum atomic E-state index is 10.8. The summed E-state index contributed by atoms with van der Waals surface area (Å²) in [4.78, 5) is 0. The monoisotopic (exact) mass is 250 g/mol. The molecule has 0 spiro atoms. The first-order chi connectivity index (χ1) is 8.18. The van der Waals surface area contributed by atoms with Crippen LogP contribution in [0, 0.1) is 0 Å². The molecule has 17 heavy (non-hydrogen) atoms. The smallest absolute Gasteiger partial charge is 0.0912 e. The Morgan fingerprint density at radius 1 is 1.35 bits per heavy atom. The van der Waals surface area contributed by atoms with Crippen molar-refractivity contribution in [2.45, 2.75) is 42.6 Å². The quantitative estimate of drug-likeness (QED) is 0.638. The van der Waals surface area contributed by atoms with Crippen molar-refractivity contribution >= 4 is 11.6 Å². The molecule has 1 aromatic carbocycles. The highest BCUT2D eigenvalue weighted by atomic mass is 35.5. The van der Waals surface area contributed by atoms with Crippen molar-refractivity contribution in [1.29, 1.82) is 0 Å². The largest absolute Gasteiger partial charge is 0.387 e. The maximum Gasteiger partial charge on any atom is 0.0912 e. The van der Waals surface area contributed by atoms with Crippen LogP contribution in [-0.2, 0) is 0 Å². The second-order valence-corrected chi connectivity index (χ2v) is 5.36. The van der Waals surface area contributed by atoms with Gasteiger partial charge >= 0.3 is 0 Å². The second-order valence-electron chi connectivity index (χ2n) is 4.83. The van der Waals surface area contributed by atoms with Crippen LogP contribution in [0.4, 0.5) is 0 Å². The molecule has 1 nitrogen and oxygen atoms in total. The Morgan fingerprint density at radius 2 is 2.06 bits per heavy atom. The van der Waals surface area contributed by atoms with E-state index in [1.807, 2.05) is 36.4 Å². The summed E-state index contributed by atoms with van der Waals surface area (Å²) in [5.41, 5.74) is 0.251. The molecule has 1 aliphatic rings. The summed E-state index contributed by atoms with van der Waals surface area (Å²) in [5.74, 6) is -0.0773. The number of alkyl halides is 1. The molecule has 1 saturated carbocycles. The van der Waals surface area contributed by atoms with Gasteiger partial charge in [0, 0.05) is 5.92 Å². The SMILES string of the molecule is C=C[C@@H](c1ccccc1)[C@]1(O)CCCC[C@H]1Cl. The van der Waals surface area contributed by atoms with Crippen LogP contribution in [-0.4, -0.2) is 16.1 Å². The third kappa shape index (κ3) is 2.41. The van der Waals surface area contributed by atoms with Gasteiger partial charge in [-0.15, -0.1) is 18.2 Å². The molecule has 0 saturated heterocycles. The van der Waals surface area contributed by atoms with Gasteiger partial charge in [0.15, 0.2) is 0 Å². The average Bonchev–Trinajstić information content (AvgIpc) is 2.35. The molecule has 3 atom stereocenters. The van der Waals surface area contributed by atoms with Crippen LogP contribution in [0.5, 0.6) is 0 Å². The van der Waals surface area contributed by atoms with Crippen molar-refractivity contribution in [3.63, 3.8) is 0 Å². The lowest BCUT2D eigenvalue weighted by atomic mass is 9.72. The van der Waals surface area contributed by atoms with Gasteiger partial charge in [0.1, 0.15) is 0 Å². The normalized spacial score (nSPS) is 30.8. The van der Waals surface area contributed by atoms with Gasteiger partial charge in [0.2, 0.25) is 0 Å². The van der Waals surface area contributed by atoms with Gasteiger partial charge in [-0.1, -0.05) is 49.2 Å². The van der Waals surface area contributed by atoms with Crippen LogP contribution in [0.1, 0.15) is 37.2 Å². The Balaban J connectivity index is 2.31. The van der Waals surface area contributed by atoms with E-state index in [1.54, 1.807) is 0 Å². The highest BCUT2D eigenvalue weighted by Gasteiger charge is 2.43. The zero-order valence-electron chi connectivity index (χ0n) is 9.98. The summed E-state index contributed by atoms with van der Waals surface area (Å²) >= 11 is 6.35. The molecule has 2 heteroatoms. The third-order valence-electron chi connectivity index (χ3n) is 3.76. The van der Waals surface area contributed by atoms with Gasteiger partial charge in [-0.05, 0) is 18.4 Å². The number of hydrogen-bond acceptors (Lipinski definition) is 1. The fourth-order valence-corrected chi connectivity index (χ4v) is 3.18. The summed E-state index contributed by atoms with van der Waals surface area (Å²) in [6, 6.07) is 10.0. The Bertz CT molecular complexity index is 376. The Morgan fingerprint density at radius 3 is 2.65 bits per heavy atom. The maximum absolute atomic E-state index is 10.8. The standard InChI is InChI=1S/C15H19ClO/c1-2-13(12-8-4-3-5-9-12)15(17)11-7-6-10-14(15)16/h2-5,8-9,13-14,17H,1,6-7,10-11H2/t13-,14+,15+/m0/s1. The van der Waals surface area contributed by atoms with Crippen LogP contribution in [0.2, 0.25) is 0 Å². The number of rotatable bonds is 3. The minimum absolute atomic E-state index is 0.0773. The van der Waals surface area contributed by atoms with Gasteiger partial charge in [0.25, 0.3) is 0 Å². The minimum Gasteiger partial charge on any atom is -0.387 e. The van der Waals surface area contributed by atoms with Crippen LogP contribution in [0.3, 0.4) is 0 Å². The third-order valence-corrected chi connectivity index (χ3v) is 4.36. The molecule has 92 valence electrons. The van der Waals surface area contributed by atoms with E-state index in [9.17, 15) is 5.11 Å². The second kappa shape index (κ2) is 5.24. The molecule has 0 aromatic heterocycles. The van der Waals surface area contributed by atoms with Gasteiger partial charge in [0.05, 0.1) is 11.0 Å². The van der Waals surface area contributed by atoms with Gasteiger partial charge < -0.3 is 5.11 Å².